The number of halogens is 1. The van der Waals surface area contributed by atoms with E-state index in [1.807, 2.05) is 37.3 Å². The molecule has 2 aromatic carbocycles. The van der Waals surface area contributed by atoms with Crippen LogP contribution in [0.2, 0.25) is 0 Å². The monoisotopic (exact) mass is 415 g/mol. The van der Waals surface area contributed by atoms with Crippen LogP contribution in [0, 0.1) is 18.3 Å². The highest BCUT2D eigenvalue weighted by Gasteiger charge is 2.23. The Morgan fingerprint density at radius 2 is 1.85 bits per heavy atom. The summed E-state index contributed by atoms with van der Waals surface area (Å²) in [5.41, 5.74) is 6.18. The Labute approximate surface area is 164 Å². The Morgan fingerprint density at radius 3 is 2.63 bits per heavy atom. The van der Waals surface area contributed by atoms with Gasteiger partial charge in [-0.3, -0.25) is 4.57 Å². The van der Waals surface area contributed by atoms with Crippen LogP contribution in [0.4, 0.5) is 0 Å². The Kier molecular flexibility index (Phi) is 3.52. The van der Waals surface area contributed by atoms with E-state index in [2.05, 4.69) is 65.7 Å². The summed E-state index contributed by atoms with van der Waals surface area (Å²) in [5.74, 6) is 1.71. The quantitative estimate of drug-likeness (QED) is 0.398. The third-order valence-corrected chi connectivity index (χ3v) is 5.41. The summed E-state index contributed by atoms with van der Waals surface area (Å²) < 4.78 is 5.38. The first-order valence-electron chi connectivity index (χ1n) is 8.56. The molecule has 0 saturated carbocycles. The molecule has 6 heteroatoms. The number of nitrogens with zero attached hydrogens (tertiary/aromatic N) is 5. The van der Waals surface area contributed by atoms with Crippen LogP contribution in [0.1, 0.15) is 17.0 Å². The summed E-state index contributed by atoms with van der Waals surface area (Å²) in [5, 5.41) is 17.8. The average Bonchev–Trinajstić information content (AvgIpc) is 3.23. The molecule has 0 N–H and O–H groups in total. The third-order valence-electron chi connectivity index (χ3n) is 4.92. The van der Waals surface area contributed by atoms with Gasteiger partial charge in [-0.2, -0.15) is 5.26 Å². The van der Waals surface area contributed by atoms with Crippen LogP contribution in [0.15, 0.2) is 59.2 Å². The number of benzene rings is 2. The SMILES string of the molecule is Cc1nnc2n1-c1ccc(Br)cc1Cn1cc(-c3ccc(C#N)cc3)cc1-2. The molecule has 5 rings (SSSR count). The predicted molar refractivity (Wildman–Crippen MR) is 106 cm³/mol. The summed E-state index contributed by atoms with van der Waals surface area (Å²) in [6.45, 7) is 2.73. The lowest BCUT2D eigenvalue weighted by molar-refractivity contribution is 0.815. The molecule has 130 valence electrons. The zero-order valence-electron chi connectivity index (χ0n) is 14.5. The van der Waals surface area contributed by atoms with Gasteiger partial charge in [-0.05, 0) is 54.4 Å². The molecule has 3 heterocycles. The van der Waals surface area contributed by atoms with Crippen molar-refractivity contribution in [1.82, 2.24) is 19.3 Å². The first-order chi connectivity index (χ1) is 13.1. The van der Waals surface area contributed by atoms with Gasteiger partial charge in [0.05, 0.1) is 23.0 Å². The average molecular weight is 416 g/mol. The van der Waals surface area contributed by atoms with Crippen molar-refractivity contribution in [2.75, 3.05) is 0 Å². The third kappa shape index (κ3) is 2.51. The molecule has 0 unspecified atom stereocenters. The molecule has 0 saturated heterocycles. The van der Waals surface area contributed by atoms with Gasteiger partial charge in [-0.15, -0.1) is 10.2 Å². The zero-order valence-corrected chi connectivity index (χ0v) is 16.1. The largest absolute Gasteiger partial charge is 0.340 e. The Balaban J connectivity index is 1.71. The van der Waals surface area contributed by atoms with Gasteiger partial charge in [0.1, 0.15) is 5.82 Å². The fraction of sp³-hybridized carbons (Fsp3) is 0.0952. The van der Waals surface area contributed by atoms with Gasteiger partial charge in [-0.1, -0.05) is 28.1 Å². The highest BCUT2D eigenvalue weighted by Crippen LogP contribution is 2.35. The van der Waals surface area contributed by atoms with Crippen LogP contribution in [-0.4, -0.2) is 19.3 Å². The van der Waals surface area contributed by atoms with Crippen molar-refractivity contribution in [1.29, 1.82) is 5.26 Å². The van der Waals surface area contributed by atoms with E-state index in [9.17, 15) is 0 Å². The second-order valence-electron chi connectivity index (χ2n) is 6.61. The van der Waals surface area contributed by atoms with Crippen LogP contribution in [-0.2, 0) is 6.54 Å². The van der Waals surface area contributed by atoms with E-state index in [0.29, 0.717) is 5.56 Å². The van der Waals surface area contributed by atoms with Gasteiger partial charge in [0, 0.05) is 22.8 Å². The van der Waals surface area contributed by atoms with Gasteiger partial charge >= 0.3 is 0 Å². The summed E-state index contributed by atoms with van der Waals surface area (Å²) in [4.78, 5) is 0. The predicted octanol–water partition coefficient (Wildman–Crippen LogP) is 4.71. The van der Waals surface area contributed by atoms with Gasteiger partial charge in [0.25, 0.3) is 0 Å². The first-order valence-corrected chi connectivity index (χ1v) is 9.35. The van der Waals surface area contributed by atoms with Gasteiger partial charge in [0.2, 0.25) is 0 Å². The number of aryl methyl sites for hydroxylation is 1. The van der Waals surface area contributed by atoms with Crippen molar-refractivity contribution >= 4 is 15.9 Å². The summed E-state index contributed by atoms with van der Waals surface area (Å²) in [7, 11) is 0. The molecule has 0 radical (unpaired) electrons. The van der Waals surface area contributed by atoms with Crippen molar-refractivity contribution < 1.29 is 0 Å². The molecular weight excluding hydrogens is 402 g/mol. The lowest BCUT2D eigenvalue weighted by Crippen LogP contribution is -2.02. The fourth-order valence-electron chi connectivity index (χ4n) is 3.62. The number of rotatable bonds is 1. The number of hydrogen-bond donors (Lipinski definition) is 0. The maximum absolute atomic E-state index is 9.01. The molecule has 1 aliphatic rings. The summed E-state index contributed by atoms with van der Waals surface area (Å²) >= 11 is 3.58. The second-order valence-corrected chi connectivity index (χ2v) is 7.53. The van der Waals surface area contributed by atoms with E-state index >= 15 is 0 Å². The van der Waals surface area contributed by atoms with E-state index in [0.717, 1.165) is 45.2 Å². The van der Waals surface area contributed by atoms with Crippen LogP contribution in [0.25, 0.3) is 28.3 Å². The normalized spacial score (nSPS) is 11.9. The number of nitriles is 1. The molecule has 2 aromatic heterocycles. The maximum Gasteiger partial charge on any atom is 0.185 e. The van der Waals surface area contributed by atoms with Crippen LogP contribution >= 0.6 is 15.9 Å². The lowest BCUT2D eigenvalue weighted by atomic mass is 10.1. The first kappa shape index (κ1) is 16.0. The topological polar surface area (TPSA) is 59.4 Å². The molecule has 0 spiro atoms. The highest BCUT2D eigenvalue weighted by atomic mass is 79.9. The van der Waals surface area contributed by atoms with E-state index in [4.69, 9.17) is 5.26 Å². The van der Waals surface area contributed by atoms with Crippen LogP contribution < -0.4 is 0 Å². The van der Waals surface area contributed by atoms with E-state index < -0.39 is 0 Å². The second kappa shape index (κ2) is 5.93. The Morgan fingerprint density at radius 1 is 1.04 bits per heavy atom. The van der Waals surface area contributed by atoms with Crippen molar-refractivity contribution in [3.05, 3.63) is 76.2 Å². The molecule has 0 aliphatic carbocycles. The van der Waals surface area contributed by atoms with Crippen LogP contribution in [0.3, 0.4) is 0 Å². The molecule has 1 aliphatic heterocycles. The van der Waals surface area contributed by atoms with Crippen molar-refractivity contribution in [3.63, 3.8) is 0 Å². The number of aromatic nitrogens is 4. The van der Waals surface area contributed by atoms with Crippen molar-refractivity contribution in [3.8, 4) is 34.4 Å². The van der Waals surface area contributed by atoms with E-state index in [-0.39, 0.29) is 0 Å². The molecule has 0 fully saturated rings. The molecular formula is C21H14BrN5. The summed E-state index contributed by atoms with van der Waals surface area (Å²) in [6.07, 6.45) is 2.14. The van der Waals surface area contributed by atoms with E-state index in [1.54, 1.807) is 0 Å². The van der Waals surface area contributed by atoms with Gasteiger partial charge in [-0.25, -0.2) is 0 Å². The minimum atomic E-state index is 0.661. The molecule has 5 nitrogen and oxygen atoms in total. The smallest absolute Gasteiger partial charge is 0.185 e. The molecule has 4 aromatic rings. The standard InChI is InChI=1S/C21H14BrN5/c1-13-24-25-21-20-9-16(15-4-2-14(10-23)3-5-15)11-26(20)12-17-8-18(22)6-7-19(17)27(13)21/h2-9,11H,12H2,1H3. The minimum Gasteiger partial charge on any atom is -0.340 e. The molecule has 27 heavy (non-hydrogen) atoms. The maximum atomic E-state index is 9.01. The van der Waals surface area contributed by atoms with E-state index in [1.165, 1.54) is 5.56 Å². The van der Waals surface area contributed by atoms with Gasteiger partial charge < -0.3 is 4.57 Å². The molecule has 0 bridgehead atoms. The molecule has 0 atom stereocenters. The Hall–Kier alpha value is -3.17. The fourth-order valence-corrected chi connectivity index (χ4v) is 4.03. The number of fused-ring (bicyclic) bond motifs is 5. The highest BCUT2D eigenvalue weighted by molar-refractivity contribution is 9.10. The summed E-state index contributed by atoms with van der Waals surface area (Å²) in [6, 6.07) is 18.3. The number of hydrogen-bond acceptors (Lipinski definition) is 3. The van der Waals surface area contributed by atoms with Crippen LogP contribution in [0.5, 0.6) is 0 Å². The Bertz CT molecular complexity index is 1220. The van der Waals surface area contributed by atoms with Crippen molar-refractivity contribution in [2.45, 2.75) is 13.5 Å². The lowest BCUT2D eigenvalue weighted by Gasteiger charge is -2.10. The van der Waals surface area contributed by atoms with Gasteiger partial charge in [0.15, 0.2) is 5.82 Å². The molecule has 0 amide bonds. The zero-order chi connectivity index (χ0) is 18.5. The minimum absolute atomic E-state index is 0.661. The van der Waals surface area contributed by atoms with Crippen molar-refractivity contribution in [2.24, 2.45) is 0 Å².